The predicted octanol–water partition coefficient (Wildman–Crippen LogP) is 5.35. The molecule has 1 aromatic rings. The Kier molecular flexibility index (Phi) is 12.7. The SMILES string of the molecule is C=C(C)Oc1ccccc1C.CC.CCC. The van der Waals surface area contributed by atoms with E-state index in [4.69, 9.17) is 4.74 Å². The highest BCUT2D eigenvalue weighted by Crippen LogP contribution is 2.17. The van der Waals surface area contributed by atoms with Gasteiger partial charge in [-0.3, -0.25) is 0 Å². The van der Waals surface area contributed by atoms with Crippen LogP contribution >= 0.6 is 0 Å². The first-order chi connectivity index (χ1) is 7.61. The minimum Gasteiger partial charge on any atom is -0.462 e. The molecule has 0 fully saturated rings. The van der Waals surface area contributed by atoms with Crippen LogP contribution in [-0.2, 0) is 0 Å². The van der Waals surface area contributed by atoms with Crippen LogP contribution in [-0.4, -0.2) is 0 Å². The zero-order chi connectivity index (χ0) is 13.0. The van der Waals surface area contributed by atoms with Gasteiger partial charge in [-0.15, -0.1) is 0 Å². The first-order valence-electron chi connectivity index (χ1n) is 6.00. The molecule has 0 amide bonds. The van der Waals surface area contributed by atoms with Crippen LogP contribution in [0, 0.1) is 6.92 Å². The van der Waals surface area contributed by atoms with E-state index in [1.807, 2.05) is 52.0 Å². The molecule has 16 heavy (non-hydrogen) atoms. The van der Waals surface area contributed by atoms with E-state index in [1.165, 1.54) is 6.42 Å². The Labute approximate surface area is 101 Å². The Morgan fingerprint density at radius 3 is 2.00 bits per heavy atom. The highest BCUT2D eigenvalue weighted by atomic mass is 16.5. The number of aryl methyl sites for hydroxylation is 1. The smallest absolute Gasteiger partial charge is 0.129 e. The Morgan fingerprint density at radius 1 is 1.19 bits per heavy atom. The Balaban J connectivity index is 0. The average Bonchev–Trinajstić information content (AvgIpc) is 2.25. The van der Waals surface area contributed by atoms with Crippen LogP contribution in [0.25, 0.3) is 0 Å². The van der Waals surface area contributed by atoms with Crippen LogP contribution in [0.2, 0.25) is 0 Å². The summed E-state index contributed by atoms with van der Waals surface area (Å²) in [6, 6.07) is 7.88. The van der Waals surface area contributed by atoms with Crippen molar-refractivity contribution in [2.75, 3.05) is 0 Å². The van der Waals surface area contributed by atoms with Crippen LogP contribution in [0.1, 0.15) is 46.6 Å². The first-order valence-corrected chi connectivity index (χ1v) is 6.00. The van der Waals surface area contributed by atoms with E-state index in [-0.39, 0.29) is 0 Å². The highest BCUT2D eigenvalue weighted by molar-refractivity contribution is 5.32. The van der Waals surface area contributed by atoms with Gasteiger partial charge in [0, 0.05) is 0 Å². The molecule has 0 aliphatic heterocycles. The molecule has 0 spiro atoms. The standard InChI is InChI=1S/C10H12O.C3H8.C2H6/c1-8(2)11-10-7-5-4-6-9(10)3;1-3-2;1-2/h4-7H,1H2,2-3H3;3H2,1-2H3;1-2H3. The summed E-state index contributed by atoms with van der Waals surface area (Å²) in [6.45, 7) is 15.8. The second-order valence-electron chi connectivity index (χ2n) is 3.28. The molecule has 0 aliphatic carbocycles. The molecule has 0 saturated heterocycles. The lowest BCUT2D eigenvalue weighted by molar-refractivity contribution is 0.427. The molecule has 0 heterocycles. The fourth-order valence-corrected chi connectivity index (χ4v) is 0.859. The normalized spacial score (nSPS) is 7.88. The molecule has 0 aromatic heterocycles. The molecule has 1 rings (SSSR count). The fraction of sp³-hybridized carbons (Fsp3) is 0.467. The number of ether oxygens (including phenoxy) is 1. The third-order valence-corrected chi connectivity index (χ3v) is 1.38. The van der Waals surface area contributed by atoms with Gasteiger partial charge in [-0.05, 0) is 25.5 Å². The van der Waals surface area contributed by atoms with Crippen molar-refractivity contribution in [1.29, 1.82) is 0 Å². The van der Waals surface area contributed by atoms with Gasteiger partial charge in [0.2, 0.25) is 0 Å². The van der Waals surface area contributed by atoms with Gasteiger partial charge in [0.15, 0.2) is 0 Å². The highest BCUT2D eigenvalue weighted by Gasteiger charge is 1.95. The quantitative estimate of drug-likeness (QED) is 0.613. The summed E-state index contributed by atoms with van der Waals surface area (Å²) < 4.78 is 5.35. The molecule has 0 radical (unpaired) electrons. The number of benzene rings is 1. The van der Waals surface area contributed by atoms with E-state index in [9.17, 15) is 0 Å². The van der Waals surface area contributed by atoms with Gasteiger partial charge < -0.3 is 4.74 Å². The van der Waals surface area contributed by atoms with Gasteiger partial charge in [-0.1, -0.05) is 58.9 Å². The molecule has 0 bridgehead atoms. The zero-order valence-corrected chi connectivity index (χ0v) is 11.6. The minimum atomic E-state index is 0.722. The monoisotopic (exact) mass is 222 g/mol. The number of hydrogen-bond donors (Lipinski definition) is 0. The molecule has 0 unspecified atom stereocenters. The molecule has 0 saturated carbocycles. The maximum atomic E-state index is 5.35. The Hall–Kier alpha value is -1.24. The van der Waals surface area contributed by atoms with E-state index < -0.39 is 0 Å². The van der Waals surface area contributed by atoms with Crippen molar-refractivity contribution in [1.82, 2.24) is 0 Å². The summed E-state index contributed by atoms with van der Waals surface area (Å²) in [7, 11) is 0. The molecule has 92 valence electrons. The Morgan fingerprint density at radius 2 is 1.62 bits per heavy atom. The van der Waals surface area contributed by atoms with E-state index in [0.29, 0.717) is 0 Å². The lowest BCUT2D eigenvalue weighted by Crippen LogP contribution is -1.90. The van der Waals surface area contributed by atoms with Crippen molar-refractivity contribution in [2.45, 2.75) is 48.0 Å². The fourth-order valence-electron chi connectivity index (χ4n) is 0.859. The molecule has 0 atom stereocenters. The third-order valence-electron chi connectivity index (χ3n) is 1.38. The van der Waals surface area contributed by atoms with Crippen LogP contribution < -0.4 is 4.74 Å². The minimum absolute atomic E-state index is 0.722. The van der Waals surface area contributed by atoms with Crippen molar-refractivity contribution in [3.8, 4) is 5.75 Å². The summed E-state index contributed by atoms with van der Waals surface area (Å²) in [5.41, 5.74) is 1.13. The van der Waals surface area contributed by atoms with Crippen molar-refractivity contribution in [3.63, 3.8) is 0 Å². The second-order valence-corrected chi connectivity index (χ2v) is 3.28. The molecule has 0 N–H and O–H groups in total. The summed E-state index contributed by atoms with van der Waals surface area (Å²) >= 11 is 0. The summed E-state index contributed by atoms with van der Waals surface area (Å²) in [4.78, 5) is 0. The number of allylic oxidation sites excluding steroid dienone is 1. The van der Waals surface area contributed by atoms with Crippen LogP contribution in [0.5, 0.6) is 5.75 Å². The van der Waals surface area contributed by atoms with Gasteiger partial charge in [-0.2, -0.15) is 0 Å². The van der Waals surface area contributed by atoms with Crippen LogP contribution in [0.4, 0.5) is 0 Å². The molecule has 1 heteroatoms. The predicted molar refractivity (Wildman–Crippen MR) is 73.9 cm³/mol. The van der Waals surface area contributed by atoms with Gasteiger partial charge in [0.05, 0.1) is 5.76 Å². The van der Waals surface area contributed by atoms with E-state index in [1.54, 1.807) is 0 Å². The summed E-state index contributed by atoms with van der Waals surface area (Å²) in [5, 5.41) is 0. The molecule has 0 aliphatic rings. The van der Waals surface area contributed by atoms with Crippen molar-refractivity contribution in [3.05, 3.63) is 42.2 Å². The molecule has 1 nitrogen and oxygen atoms in total. The topological polar surface area (TPSA) is 9.23 Å². The summed E-state index contributed by atoms with van der Waals surface area (Å²) in [5.74, 6) is 1.61. The van der Waals surface area contributed by atoms with Gasteiger partial charge in [0.1, 0.15) is 5.75 Å². The van der Waals surface area contributed by atoms with E-state index in [0.717, 1.165) is 17.1 Å². The largest absolute Gasteiger partial charge is 0.462 e. The third kappa shape index (κ3) is 9.32. The summed E-state index contributed by atoms with van der Waals surface area (Å²) in [6.07, 6.45) is 1.25. The lowest BCUT2D eigenvalue weighted by Gasteiger charge is -2.06. The lowest BCUT2D eigenvalue weighted by atomic mass is 10.2. The van der Waals surface area contributed by atoms with Crippen molar-refractivity contribution in [2.24, 2.45) is 0 Å². The maximum absolute atomic E-state index is 5.35. The molecular formula is C15H26O. The van der Waals surface area contributed by atoms with Gasteiger partial charge in [-0.25, -0.2) is 0 Å². The first kappa shape index (κ1) is 17.2. The van der Waals surface area contributed by atoms with Gasteiger partial charge in [0.25, 0.3) is 0 Å². The number of para-hydroxylation sites is 1. The van der Waals surface area contributed by atoms with Crippen LogP contribution in [0.15, 0.2) is 36.6 Å². The Bertz CT molecular complexity index is 277. The van der Waals surface area contributed by atoms with Crippen LogP contribution in [0.3, 0.4) is 0 Å². The maximum Gasteiger partial charge on any atom is 0.129 e. The number of rotatable bonds is 2. The van der Waals surface area contributed by atoms with Crippen molar-refractivity contribution < 1.29 is 4.74 Å². The van der Waals surface area contributed by atoms with E-state index in [2.05, 4.69) is 20.4 Å². The molecular weight excluding hydrogens is 196 g/mol. The molecule has 1 aromatic carbocycles. The van der Waals surface area contributed by atoms with E-state index >= 15 is 0 Å². The number of hydrogen-bond acceptors (Lipinski definition) is 1. The average molecular weight is 222 g/mol. The van der Waals surface area contributed by atoms with Gasteiger partial charge >= 0.3 is 0 Å². The van der Waals surface area contributed by atoms with Crippen molar-refractivity contribution >= 4 is 0 Å². The second kappa shape index (κ2) is 11.8. The zero-order valence-electron chi connectivity index (χ0n) is 11.6.